The Kier molecular flexibility index (Phi) is 3.49. The number of furan rings is 1. The predicted octanol–water partition coefficient (Wildman–Crippen LogP) is 5.37. The maximum absolute atomic E-state index is 12.9. The van der Waals surface area contributed by atoms with E-state index in [-0.39, 0.29) is 11.6 Å². The normalized spacial score (nSPS) is 16.0. The van der Waals surface area contributed by atoms with Gasteiger partial charge >= 0.3 is 0 Å². The molecule has 0 N–H and O–H groups in total. The summed E-state index contributed by atoms with van der Waals surface area (Å²) in [6.45, 7) is 3.98. The molecule has 0 saturated carbocycles. The molecule has 0 spiro atoms. The fourth-order valence-corrected chi connectivity index (χ4v) is 7.27. The average molecular weight is 475 g/mol. The molecule has 0 atom stereocenters. The molecule has 118 valence electrons. The molecule has 4 nitrogen and oxygen atoms in total. The maximum Gasteiger partial charge on any atom is 0.298 e. The number of rotatable bonds is 2. The van der Waals surface area contributed by atoms with Crippen molar-refractivity contribution in [3.8, 4) is 0 Å². The Balaban J connectivity index is 1.91. The molecule has 8 heteroatoms. The van der Waals surface area contributed by atoms with Crippen molar-refractivity contribution >= 4 is 76.0 Å². The summed E-state index contributed by atoms with van der Waals surface area (Å²) in [5.41, 5.74) is 2.74. The standard InChI is InChI=1S/C15H9Br2NO3S2/c1-2-8-4-3-5-9(6-8)18-7-10-11-12(14(17)22-13(11)16)21-15(10)23(18,19)20/h2-6H,1,7H2. The monoisotopic (exact) mass is 473 g/mol. The van der Waals surface area contributed by atoms with E-state index in [4.69, 9.17) is 4.42 Å². The second-order valence-corrected chi connectivity index (χ2v) is 10.5. The van der Waals surface area contributed by atoms with Crippen LogP contribution < -0.4 is 4.31 Å². The minimum Gasteiger partial charge on any atom is -0.440 e. The molecule has 0 unspecified atom stereocenters. The second kappa shape index (κ2) is 5.20. The number of nitrogens with zero attached hydrogens (tertiary/aromatic N) is 1. The molecule has 0 saturated heterocycles. The highest BCUT2D eigenvalue weighted by molar-refractivity contribution is 9.12. The van der Waals surface area contributed by atoms with Gasteiger partial charge in [-0.2, -0.15) is 8.42 Å². The van der Waals surface area contributed by atoms with Crippen LogP contribution in [-0.2, 0) is 16.6 Å². The number of anilines is 1. The minimum atomic E-state index is -3.69. The molecule has 0 bridgehead atoms. The molecule has 4 rings (SSSR count). The molecule has 2 aromatic heterocycles. The Labute approximate surface area is 153 Å². The van der Waals surface area contributed by atoms with Crippen molar-refractivity contribution in [1.29, 1.82) is 0 Å². The van der Waals surface area contributed by atoms with Gasteiger partial charge in [-0.05, 0) is 49.6 Å². The summed E-state index contributed by atoms with van der Waals surface area (Å²) in [4.78, 5) is 0. The van der Waals surface area contributed by atoms with Crippen LogP contribution in [0.2, 0.25) is 0 Å². The van der Waals surface area contributed by atoms with E-state index >= 15 is 0 Å². The molecule has 1 aliphatic heterocycles. The molecule has 3 heterocycles. The number of thiophene rings is 1. The van der Waals surface area contributed by atoms with Crippen LogP contribution in [-0.4, -0.2) is 8.42 Å². The van der Waals surface area contributed by atoms with Crippen molar-refractivity contribution < 1.29 is 12.8 Å². The van der Waals surface area contributed by atoms with E-state index in [9.17, 15) is 8.42 Å². The predicted molar refractivity (Wildman–Crippen MR) is 99.4 cm³/mol. The van der Waals surface area contributed by atoms with Gasteiger partial charge < -0.3 is 4.42 Å². The topological polar surface area (TPSA) is 50.5 Å². The third-order valence-electron chi connectivity index (χ3n) is 3.74. The van der Waals surface area contributed by atoms with Crippen molar-refractivity contribution in [1.82, 2.24) is 0 Å². The fraction of sp³-hybridized carbons (Fsp3) is 0.0667. The summed E-state index contributed by atoms with van der Waals surface area (Å²) in [6.07, 6.45) is 1.69. The van der Waals surface area contributed by atoms with Gasteiger partial charge in [-0.25, -0.2) is 0 Å². The summed E-state index contributed by atoms with van der Waals surface area (Å²) >= 11 is 8.37. The number of halogens is 2. The number of hydrogen-bond acceptors (Lipinski definition) is 4. The van der Waals surface area contributed by atoms with Crippen molar-refractivity contribution in [2.24, 2.45) is 0 Å². The lowest BCUT2D eigenvalue weighted by atomic mass is 10.2. The van der Waals surface area contributed by atoms with Crippen molar-refractivity contribution in [3.05, 3.63) is 49.5 Å². The lowest BCUT2D eigenvalue weighted by Gasteiger charge is -2.17. The first-order valence-electron chi connectivity index (χ1n) is 6.58. The zero-order valence-corrected chi connectivity index (χ0v) is 16.4. The zero-order chi connectivity index (χ0) is 16.4. The van der Waals surface area contributed by atoms with E-state index in [1.165, 1.54) is 15.6 Å². The van der Waals surface area contributed by atoms with Gasteiger partial charge in [0.15, 0.2) is 5.58 Å². The highest BCUT2D eigenvalue weighted by Crippen LogP contribution is 2.48. The van der Waals surface area contributed by atoms with Crippen molar-refractivity contribution in [2.75, 3.05) is 4.31 Å². The minimum absolute atomic E-state index is 0.0284. The number of hydrogen-bond donors (Lipinski definition) is 0. The number of sulfonamides is 1. The molecular formula is C15H9Br2NO3S2. The smallest absolute Gasteiger partial charge is 0.298 e. The van der Waals surface area contributed by atoms with Gasteiger partial charge in [0.1, 0.15) is 3.79 Å². The first kappa shape index (κ1) is 15.4. The van der Waals surface area contributed by atoms with E-state index in [1.807, 2.05) is 12.1 Å². The number of benzene rings is 1. The summed E-state index contributed by atoms with van der Waals surface area (Å²) in [5, 5.41) is 0.850. The molecule has 0 fully saturated rings. The Bertz CT molecular complexity index is 1070. The van der Waals surface area contributed by atoms with Crippen molar-refractivity contribution in [3.63, 3.8) is 0 Å². The lowest BCUT2D eigenvalue weighted by molar-refractivity contribution is 0.483. The van der Waals surface area contributed by atoms with Crippen LogP contribution in [0.1, 0.15) is 11.1 Å². The summed E-state index contributed by atoms with van der Waals surface area (Å²) in [5.74, 6) is 0. The van der Waals surface area contributed by atoms with Crippen LogP contribution in [0.25, 0.3) is 17.0 Å². The highest BCUT2D eigenvalue weighted by atomic mass is 79.9. The number of fused-ring (bicyclic) bond motifs is 3. The van der Waals surface area contributed by atoms with Crippen LogP contribution in [0.3, 0.4) is 0 Å². The van der Waals surface area contributed by atoms with Gasteiger partial charge in [-0.1, -0.05) is 24.8 Å². The van der Waals surface area contributed by atoms with Gasteiger partial charge in [0.2, 0.25) is 5.09 Å². The molecule has 1 aromatic carbocycles. The van der Waals surface area contributed by atoms with Crippen LogP contribution in [0.15, 0.2) is 47.9 Å². The van der Waals surface area contributed by atoms with Gasteiger partial charge in [-0.15, -0.1) is 11.3 Å². The molecule has 0 amide bonds. The molecule has 1 aliphatic rings. The fourth-order valence-electron chi connectivity index (χ4n) is 2.68. The first-order valence-corrected chi connectivity index (χ1v) is 10.4. The van der Waals surface area contributed by atoms with Gasteiger partial charge in [0.05, 0.1) is 21.4 Å². The van der Waals surface area contributed by atoms with Crippen molar-refractivity contribution in [2.45, 2.75) is 11.6 Å². The van der Waals surface area contributed by atoms with E-state index in [0.717, 1.165) is 18.5 Å². The first-order chi connectivity index (χ1) is 10.9. The maximum atomic E-state index is 12.9. The van der Waals surface area contributed by atoms with E-state index in [1.54, 1.807) is 18.2 Å². The molecular weight excluding hydrogens is 466 g/mol. The van der Waals surface area contributed by atoms with Gasteiger partial charge in [0, 0.05) is 5.56 Å². The van der Waals surface area contributed by atoms with Crippen LogP contribution >= 0.6 is 43.2 Å². The van der Waals surface area contributed by atoms with Crippen LogP contribution in [0, 0.1) is 0 Å². The lowest BCUT2D eigenvalue weighted by Crippen LogP contribution is -2.23. The van der Waals surface area contributed by atoms with Crippen LogP contribution in [0.5, 0.6) is 0 Å². The Morgan fingerprint density at radius 1 is 1.30 bits per heavy atom. The van der Waals surface area contributed by atoms with E-state index < -0.39 is 10.0 Å². The third-order valence-corrected chi connectivity index (χ3v) is 7.94. The van der Waals surface area contributed by atoms with Gasteiger partial charge in [-0.3, -0.25) is 4.31 Å². The molecule has 0 aliphatic carbocycles. The summed E-state index contributed by atoms with van der Waals surface area (Å²) in [6, 6.07) is 7.26. The third kappa shape index (κ3) is 2.15. The summed E-state index contributed by atoms with van der Waals surface area (Å²) in [7, 11) is -3.69. The average Bonchev–Trinajstić information content (AvgIpc) is 3.11. The van der Waals surface area contributed by atoms with Gasteiger partial charge in [0.25, 0.3) is 10.0 Å². The second-order valence-electron chi connectivity index (χ2n) is 5.03. The largest absolute Gasteiger partial charge is 0.440 e. The van der Waals surface area contributed by atoms with E-state index in [0.29, 0.717) is 16.8 Å². The molecule has 3 aromatic rings. The van der Waals surface area contributed by atoms with Crippen LogP contribution in [0.4, 0.5) is 5.69 Å². The molecule has 23 heavy (non-hydrogen) atoms. The highest BCUT2D eigenvalue weighted by Gasteiger charge is 2.41. The Hall–Kier alpha value is -1.09. The Morgan fingerprint density at radius 2 is 2.09 bits per heavy atom. The SMILES string of the molecule is C=Cc1cccc(N2Cc3c(oc4c(Br)sc(Br)c34)S2(=O)=O)c1. The summed E-state index contributed by atoms with van der Waals surface area (Å²) < 4.78 is 34.4. The van der Waals surface area contributed by atoms with E-state index in [2.05, 4.69) is 38.4 Å². The Morgan fingerprint density at radius 3 is 2.83 bits per heavy atom. The zero-order valence-electron chi connectivity index (χ0n) is 11.5. The quantitative estimate of drug-likeness (QED) is 0.501. The molecule has 0 radical (unpaired) electrons.